The molecule has 0 aliphatic heterocycles. The van der Waals surface area contributed by atoms with Crippen molar-refractivity contribution in [1.82, 2.24) is 15.2 Å². The van der Waals surface area contributed by atoms with Crippen LogP contribution in [0.15, 0.2) is 34.2 Å². The quantitative estimate of drug-likeness (QED) is 0.673. The molecule has 0 saturated heterocycles. The molecule has 6 heteroatoms. The van der Waals surface area contributed by atoms with Crippen LogP contribution >= 0.6 is 38.9 Å². The number of thiophene rings is 1. The van der Waals surface area contributed by atoms with E-state index >= 15 is 0 Å². The van der Waals surface area contributed by atoms with Gasteiger partial charge in [0.2, 0.25) is 0 Å². The monoisotopic (exact) mass is 325 g/mol. The maximum atomic E-state index is 5.98. The van der Waals surface area contributed by atoms with Crippen LogP contribution in [0, 0.1) is 0 Å². The lowest BCUT2D eigenvalue weighted by Gasteiger charge is -2.02. The molecule has 0 unspecified atom stereocenters. The summed E-state index contributed by atoms with van der Waals surface area (Å²) in [6.07, 6.45) is 1.70. The van der Waals surface area contributed by atoms with Crippen molar-refractivity contribution in [1.29, 1.82) is 0 Å². The van der Waals surface area contributed by atoms with Gasteiger partial charge < -0.3 is 0 Å². The Hall–Kier alpha value is -1.04. The van der Waals surface area contributed by atoms with E-state index in [4.69, 9.17) is 11.6 Å². The standard InChI is InChI=1S/C11H5BrClN3S/c12-8-4-3-7(17-8)9-6-2-1-5-14-10(6)11(13)16-15-9/h1-5H. The molecule has 3 aromatic rings. The molecule has 0 bridgehead atoms. The van der Waals surface area contributed by atoms with Crippen molar-refractivity contribution in [2.75, 3.05) is 0 Å². The summed E-state index contributed by atoms with van der Waals surface area (Å²) < 4.78 is 1.06. The van der Waals surface area contributed by atoms with Gasteiger partial charge in [0, 0.05) is 11.6 Å². The largest absolute Gasteiger partial charge is 0.253 e. The van der Waals surface area contributed by atoms with Crippen LogP contribution in [0.5, 0.6) is 0 Å². The van der Waals surface area contributed by atoms with Gasteiger partial charge >= 0.3 is 0 Å². The van der Waals surface area contributed by atoms with Crippen LogP contribution in [0.4, 0.5) is 0 Å². The van der Waals surface area contributed by atoms with Gasteiger partial charge in [-0.3, -0.25) is 4.98 Å². The first-order chi connectivity index (χ1) is 8.25. The first-order valence-corrected chi connectivity index (χ1v) is 6.77. The first-order valence-electron chi connectivity index (χ1n) is 4.78. The summed E-state index contributed by atoms with van der Waals surface area (Å²) in [4.78, 5) is 5.27. The molecule has 3 heterocycles. The van der Waals surface area contributed by atoms with Crippen molar-refractivity contribution in [3.8, 4) is 10.6 Å². The average Bonchev–Trinajstić information content (AvgIpc) is 2.77. The molecule has 0 aliphatic carbocycles. The van der Waals surface area contributed by atoms with Crippen LogP contribution in [0.3, 0.4) is 0 Å². The molecule has 0 spiro atoms. The van der Waals surface area contributed by atoms with Gasteiger partial charge in [-0.15, -0.1) is 21.5 Å². The second kappa shape index (κ2) is 4.33. The summed E-state index contributed by atoms with van der Waals surface area (Å²) in [6, 6.07) is 7.80. The number of aromatic nitrogens is 3. The average molecular weight is 327 g/mol. The molecule has 0 fully saturated rings. The molecule has 3 rings (SSSR count). The van der Waals surface area contributed by atoms with Gasteiger partial charge in [-0.2, -0.15) is 0 Å². The third-order valence-corrected chi connectivity index (χ3v) is 4.19. The minimum Gasteiger partial charge on any atom is -0.253 e. The Labute approximate surface area is 115 Å². The molecule has 3 nitrogen and oxygen atoms in total. The molecule has 0 N–H and O–H groups in total. The fourth-order valence-corrected chi connectivity index (χ4v) is 3.15. The third-order valence-electron chi connectivity index (χ3n) is 2.30. The van der Waals surface area contributed by atoms with Crippen molar-refractivity contribution in [3.63, 3.8) is 0 Å². The SMILES string of the molecule is Clc1nnc(-c2ccc(Br)s2)c2cccnc12. The van der Waals surface area contributed by atoms with Crippen LogP contribution in [0.25, 0.3) is 21.5 Å². The minimum atomic E-state index is 0.333. The van der Waals surface area contributed by atoms with Crippen LogP contribution in [0.1, 0.15) is 0 Å². The van der Waals surface area contributed by atoms with E-state index in [0.717, 1.165) is 19.7 Å². The number of halogens is 2. The van der Waals surface area contributed by atoms with Gasteiger partial charge in [-0.05, 0) is 40.2 Å². The topological polar surface area (TPSA) is 38.7 Å². The summed E-state index contributed by atoms with van der Waals surface area (Å²) in [6.45, 7) is 0. The Kier molecular flexibility index (Phi) is 2.82. The van der Waals surface area contributed by atoms with Gasteiger partial charge in [0.15, 0.2) is 5.15 Å². The van der Waals surface area contributed by atoms with Gasteiger partial charge in [0.25, 0.3) is 0 Å². The van der Waals surface area contributed by atoms with Crippen molar-refractivity contribution < 1.29 is 0 Å². The van der Waals surface area contributed by atoms with Gasteiger partial charge in [0.1, 0.15) is 11.2 Å². The predicted molar refractivity (Wildman–Crippen MR) is 73.4 cm³/mol. The van der Waals surface area contributed by atoms with E-state index < -0.39 is 0 Å². The van der Waals surface area contributed by atoms with Gasteiger partial charge in [0.05, 0.1) is 8.66 Å². The number of nitrogens with zero attached hydrogens (tertiary/aromatic N) is 3. The predicted octanol–water partition coefficient (Wildman–Crippen LogP) is 4.17. The number of pyridine rings is 1. The summed E-state index contributed by atoms with van der Waals surface area (Å²) in [5.74, 6) is 0. The molecule has 0 amide bonds. The lowest BCUT2D eigenvalue weighted by atomic mass is 10.2. The van der Waals surface area contributed by atoms with E-state index in [0.29, 0.717) is 10.7 Å². The Morgan fingerprint density at radius 3 is 2.82 bits per heavy atom. The lowest BCUT2D eigenvalue weighted by molar-refractivity contribution is 1.05. The fraction of sp³-hybridized carbons (Fsp3) is 0. The number of rotatable bonds is 1. The van der Waals surface area contributed by atoms with E-state index in [1.165, 1.54) is 0 Å². The minimum absolute atomic E-state index is 0.333. The van der Waals surface area contributed by atoms with Gasteiger partial charge in [-0.1, -0.05) is 11.6 Å². The number of fused-ring (bicyclic) bond motifs is 1. The number of hydrogen-bond acceptors (Lipinski definition) is 4. The third kappa shape index (κ3) is 1.94. The lowest BCUT2D eigenvalue weighted by Crippen LogP contribution is -1.91. The zero-order valence-corrected chi connectivity index (χ0v) is 11.6. The zero-order chi connectivity index (χ0) is 11.8. The molecule has 0 radical (unpaired) electrons. The van der Waals surface area contributed by atoms with E-state index in [1.54, 1.807) is 17.5 Å². The molecule has 0 aromatic carbocycles. The molecule has 17 heavy (non-hydrogen) atoms. The van der Waals surface area contributed by atoms with E-state index in [-0.39, 0.29) is 0 Å². The normalized spacial score (nSPS) is 10.9. The van der Waals surface area contributed by atoms with Crippen LogP contribution in [0.2, 0.25) is 5.15 Å². The Balaban J connectivity index is 2.34. The molecular weight excluding hydrogens is 322 g/mol. The highest BCUT2D eigenvalue weighted by molar-refractivity contribution is 9.11. The van der Waals surface area contributed by atoms with Crippen LogP contribution in [-0.4, -0.2) is 15.2 Å². The smallest absolute Gasteiger partial charge is 0.177 e. The summed E-state index contributed by atoms with van der Waals surface area (Å²) >= 11 is 11.0. The zero-order valence-electron chi connectivity index (χ0n) is 8.39. The van der Waals surface area contributed by atoms with Crippen molar-refractivity contribution in [2.45, 2.75) is 0 Å². The second-order valence-electron chi connectivity index (χ2n) is 3.34. The molecule has 0 atom stereocenters. The Morgan fingerprint density at radius 2 is 2.06 bits per heavy atom. The highest BCUT2D eigenvalue weighted by Crippen LogP contribution is 2.34. The fourth-order valence-electron chi connectivity index (χ4n) is 1.58. The molecule has 0 aliphatic rings. The van der Waals surface area contributed by atoms with Crippen molar-refractivity contribution in [3.05, 3.63) is 39.4 Å². The van der Waals surface area contributed by atoms with Crippen molar-refractivity contribution in [2.24, 2.45) is 0 Å². The second-order valence-corrected chi connectivity index (χ2v) is 6.16. The molecule has 3 aromatic heterocycles. The Bertz CT molecular complexity index is 698. The number of hydrogen-bond donors (Lipinski definition) is 0. The van der Waals surface area contributed by atoms with Crippen LogP contribution < -0.4 is 0 Å². The molecule has 0 saturated carbocycles. The highest BCUT2D eigenvalue weighted by atomic mass is 79.9. The van der Waals surface area contributed by atoms with E-state index in [9.17, 15) is 0 Å². The molecule has 84 valence electrons. The molecular formula is C11H5BrClN3S. The van der Waals surface area contributed by atoms with Gasteiger partial charge in [-0.25, -0.2) is 0 Å². The van der Waals surface area contributed by atoms with E-state index in [1.807, 2.05) is 24.3 Å². The summed E-state index contributed by atoms with van der Waals surface area (Å²) in [5, 5.41) is 9.35. The highest BCUT2D eigenvalue weighted by Gasteiger charge is 2.11. The van der Waals surface area contributed by atoms with Crippen molar-refractivity contribution >= 4 is 49.8 Å². The van der Waals surface area contributed by atoms with E-state index in [2.05, 4.69) is 31.1 Å². The maximum absolute atomic E-state index is 5.98. The maximum Gasteiger partial charge on any atom is 0.177 e. The van der Waals surface area contributed by atoms with Crippen LogP contribution in [-0.2, 0) is 0 Å². The summed E-state index contributed by atoms with van der Waals surface area (Å²) in [7, 11) is 0. The Morgan fingerprint density at radius 1 is 1.18 bits per heavy atom. The first kappa shape index (κ1) is 11.1. The summed E-state index contributed by atoms with van der Waals surface area (Å²) in [5.41, 5.74) is 1.50.